The van der Waals surface area contributed by atoms with Crippen LogP contribution in [0.5, 0.6) is 0 Å². The Balaban J connectivity index is 4.67. The highest BCUT2D eigenvalue weighted by atomic mass is 16.6. The van der Waals surface area contributed by atoms with Crippen LogP contribution < -0.4 is 0 Å². The van der Waals surface area contributed by atoms with E-state index in [0.29, 0.717) is 19.3 Å². The van der Waals surface area contributed by atoms with Gasteiger partial charge in [-0.1, -0.05) is 210 Å². The molecule has 0 aromatic carbocycles. The highest BCUT2D eigenvalue weighted by Crippen LogP contribution is 2.10. The van der Waals surface area contributed by atoms with E-state index in [9.17, 15) is 14.4 Å². The largest absolute Gasteiger partial charge is 0.462 e. The Morgan fingerprint density at radius 1 is 0.296 bits per heavy atom. The first-order valence-electron chi connectivity index (χ1n) is 27.6. The van der Waals surface area contributed by atoms with Gasteiger partial charge in [-0.25, -0.2) is 0 Å². The van der Waals surface area contributed by atoms with Crippen molar-refractivity contribution in [2.24, 2.45) is 0 Å². The van der Waals surface area contributed by atoms with Crippen LogP contribution in [0.3, 0.4) is 0 Å². The highest BCUT2D eigenvalue weighted by Gasteiger charge is 2.19. The van der Waals surface area contributed by atoms with Gasteiger partial charge in [-0.2, -0.15) is 0 Å². The maximum atomic E-state index is 12.8. The van der Waals surface area contributed by atoms with Gasteiger partial charge >= 0.3 is 17.9 Å². The van der Waals surface area contributed by atoms with Crippen molar-refractivity contribution in [3.05, 3.63) is 170 Å². The molecule has 394 valence electrons. The summed E-state index contributed by atoms with van der Waals surface area (Å²) in [5.74, 6) is -1.11. The van der Waals surface area contributed by atoms with Gasteiger partial charge in [-0.3, -0.25) is 14.4 Å². The first kappa shape index (κ1) is 65.8. The summed E-state index contributed by atoms with van der Waals surface area (Å²) in [7, 11) is 0. The fraction of sp³-hybridized carbons (Fsp3) is 0.523. The molecule has 0 N–H and O–H groups in total. The standard InChI is InChI=1S/C65H98O6/c1-4-7-10-13-16-19-22-25-28-30-32-34-37-40-43-46-49-52-55-58-64(67)70-61-62(60-69-63(66)57-54-51-48-45-42-39-36-27-24-21-18-15-12-9-6-3)71-65(68)59-56-53-50-47-44-41-38-35-33-31-29-26-23-20-17-14-11-8-5-2/h8-9,11-12,16-21,25-29,32-36,40-45,49,52,62H,4-7,10,13-15,22-24,30-31,37-39,46-48,50-51,53-61H2,1-3H3/b11-8-,12-9-,19-16-,20-17-,21-18-,28-25-,29-26-,34-32-,35-33-,36-27-,43-40-,44-41-,45-42-,52-49-/t62-/m1/s1. The van der Waals surface area contributed by atoms with Gasteiger partial charge in [0.1, 0.15) is 13.2 Å². The van der Waals surface area contributed by atoms with E-state index in [1.54, 1.807) is 0 Å². The fourth-order valence-electron chi connectivity index (χ4n) is 6.62. The number of rotatable bonds is 47. The second-order valence-corrected chi connectivity index (χ2v) is 17.4. The first-order valence-corrected chi connectivity index (χ1v) is 27.6. The summed E-state index contributed by atoms with van der Waals surface area (Å²) in [4.78, 5) is 38.1. The third-order valence-corrected chi connectivity index (χ3v) is 10.7. The van der Waals surface area contributed by atoms with E-state index in [2.05, 4.69) is 179 Å². The van der Waals surface area contributed by atoms with Crippen LogP contribution in [0.1, 0.15) is 201 Å². The van der Waals surface area contributed by atoms with Crippen molar-refractivity contribution in [2.75, 3.05) is 13.2 Å². The SMILES string of the molecule is CC/C=C\C/C=C\C/C=C\C/C=C\C/C=C\CCCCCC(=O)O[C@@H](COC(=O)CC/C=C\C/C=C\C/C=C\C/C=C\C/C=C\CCCCC)COC(=O)CCCC/C=C\C/C=C\C/C=C\C/C=C\CC. The minimum absolute atomic E-state index is 0.145. The molecule has 0 amide bonds. The molecule has 0 unspecified atom stereocenters. The summed E-state index contributed by atoms with van der Waals surface area (Å²) in [6.07, 6.45) is 84.9. The van der Waals surface area contributed by atoms with Gasteiger partial charge in [0.25, 0.3) is 0 Å². The molecule has 0 fully saturated rings. The maximum absolute atomic E-state index is 12.8. The van der Waals surface area contributed by atoms with Crippen molar-refractivity contribution in [1.29, 1.82) is 0 Å². The van der Waals surface area contributed by atoms with Crippen LogP contribution in [0, 0.1) is 0 Å². The van der Waals surface area contributed by atoms with E-state index in [4.69, 9.17) is 14.2 Å². The van der Waals surface area contributed by atoms with E-state index >= 15 is 0 Å². The summed E-state index contributed by atoms with van der Waals surface area (Å²) in [5.41, 5.74) is 0. The first-order chi connectivity index (χ1) is 35.0. The maximum Gasteiger partial charge on any atom is 0.306 e. The number of ether oxygens (including phenoxy) is 3. The third-order valence-electron chi connectivity index (χ3n) is 10.7. The van der Waals surface area contributed by atoms with Crippen molar-refractivity contribution >= 4 is 17.9 Å². The average molecular weight is 975 g/mol. The average Bonchev–Trinajstić information content (AvgIpc) is 3.37. The molecule has 0 bridgehead atoms. The molecule has 0 aromatic heterocycles. The molecule has 1 atom stereocenters. The molecule has 0 spiro atoms. The summed E-state index contributed by atoms with van der Waals surface area (Å²) < 4.78 is 16.7. The number of hydrogen-bond donors (Lipinski definition) is 0. The lowest BCUT2D eigenvalue weighted by Crippen LogP contribution is -2.30. The van der Waals surface area contributed by atoms with Crippen molar-refractivity contribution in [2.45, 2.75) is 207 Å². The second-order valence-electron chi connectivity index (χ2n) is 17.4. The molecule has 0 radical (unpaired) electrons. The number of unbranched alkanes of at least 4 members (excludes halogenated alkanes) is 8. The molecule has 71 heavy (non-hydrogen) atoms. The Labute approximate surface area is 434 Å². The lowest BCUT2D eigenvalue weighted by molar-refractivity contribution is -0.166. The smallest absolute Gasteiger partial charge is 0.306 e. The molecule has 0 aliphatic rings. The van der Waals surface area contributed by atoms with E-state index in [0.717, 1.165) is 116 Å². The highest BCUT2D eigenvalue weighted by molar-refractivity contribution is 5.71. The summed E-state index contributed by atoms with van der Waals surface area (Å²) in [6.45, 7) is 6.23. The van der Waals surface area contributed by atoms with Crippen LogP contribution in [0.25, 0.3) is 0 Å². The van der Waals surface area contributed by atoms with Gasteiger partial charge < -0.3 is 14.2 Å². The van der Waals surface area contributed by atoms with E-state index in [-0.39, 0.29) is 50.4 Å². The molecular weight excluding hydrogens is 877 g/mol. The Kier molecular flexibility index (Phi) is 53.1. The predicted molar refractivity (Wildman–Crippen MR) is 306 cm³/mol. The van der Waals surface area contributed by atoms with Crippen LogP contribution in [0.15, 0.2) is 170 Å². The molecule has 0 aliphatic carbocycles. The van der Waals surface area contributed by atoms with Gasteiger partial charge in [0, 0.05) is 19.3 Å². The summed E-state index contributed by atoms with van der Waals surface area (Å²) >= 11 is 0. The molecule has 6 heteroatoms. The normalized spacial score (nSPS) is 13.5. The molecule has 0 saturated carbocycles. The quantitative estimate of drug-likeness (QED) is 0.0262. The van der Waals surface area contributed by atoms with E-state index < -0.39 is 6.10 Å². The van der Waals surface area contributed by atoms with Crippen molar-refractivity contribution in [3.63, 3.8) is 0 Å². The number of esters is 3. The van der Waals surface area contributed by atoms with E-state index in [1.165, 1.54) is 25.7 Å². The van der Waals surface area contributed by atoms with Crippen molar-refractivity contribution in [1.82, 2.24) is 0 Å². The number of carbonyl (C=O) groups is 3. The lowest BCUT2D eigenvalue weighted by Gasteiger charge is -2.18. The van der Waals surface area contributed by atoms with Crippen LogP contribution in [-0.2, 0) is 28.6 Å². The molecule has 0 heterocycles. The second kappa shape index (κ2) is 57.3. The Morgan fingerprint density at radius 3 is 0.944 bits per heavy atom. The topological polar surface area (TPSA) is 78.9 Å². The predicted octanol–water partition coefficient (Wildman–Crippen LogP) is 18.8. The van der Waals surface area contributed by atoms with Crippen LogP contribution in [0.2, 0.25) is 0 Å². The third kappa shape index (κ3) is 55.6. The number of hydrogen-bond acceptors (Lipinski definition) is 6. The molecular formula is C65H98O6. The van der Waals surface area contributed by atoms with Gasteiger partial charge in [0.2, 0.25) is 0 Å². The summed E-state index contributed by atoms with van der Waals surface area (Å²) in [6, 6.07) is 0. The number of carbonyl (C=O) groups excluding carboxylic acids is 3. The summed E-state index contributed by atoms with van der Waals surface area (Å²) in [5, 5.41) is 0. The number of allylic oxidation sites excluding steroid dienone is 28. The van der Waals surface area contributed by atoms with Crippen molar-refractivity contribution in [3.8, 4) is 0 Å². The van der Waals surface area contributed by atoms with Gasteiger partial charge in [-0.05, 0) is 141 Å². The Morgan fingerprint density at radius 2 is 0.577 bits per heavy atom. The molecule has 0 saturated heterocycles. The lowest BCUT2D eigenvalue weighted by atomic mass is 10.1. The molecule has 0 aromatic rings. The van der Waals surface area contributed by atoms with Crippen LogP contribution in [-0.4, -0.2) is 37.2 Å². The fourth-order valence-corrected chi connectivity index (χ4v) is 6.62. The van der Waals surface area contributed by atoms with Crippen LogP contribution in [0.4, 0.5) is 0 Å². The van der Waals surface area contributed by atoms with Crippen molar-refractivity contribution < 1.29 is 28.6 Å². The van der Waals surface area contributed by atoms with Gasteiger partial charge in [-0.15, -0.1) is 0 Å². The van der Waals surface area contributed by atoms with E-state index in [1.807, 2.05) is 12.2 Å². The zero-order chi connectivity index (χ0) is 51.4. The zero-order valence-electron chi connectivity index (χ0n) is 44.9. The molecule has 0 rings (SSSR count). The minimum Gasteiger partial charge on any atom is -0.462 e. The Bertz CT molecular complexity index is 1690. The zero-order valence-corrected chi connectivity index (χ0v) is 44.9. The van der Waals surface area contributed by atoms with Gasteiger partial charge in [0.15, 0.2) is 6.10 Å². The molecule has 0 aliphatic heterocycles. The monoisotopic (exact) mass is 975 g/mol. The minimum atomic E-state index is -0.853. The Hall–Kier alpha value is -5.23. The molecule has 6 nitrogen and oxygen atoms in total. The van der Waals surface area contributed by atoms with Gasteiger partial charge in [0.05, 0.1) is 0 Å². The van der Waals surface area contributed by atoms with Crippen LogP contribution >= 0.6 is 0 Å².